The third-order valence-electron chi connectivity index (χ3n) is 6.18. The van der Waals surface area contributed by atoms with E-state index in [1.165, 1.54) is 36.4 Å². The van der Waals surface area contributed by atoms with Gasteiger partial charge in [-0.25, -0.2) is 4.79 Å². The summed E-state index contributed by atoms with van der Waals surface area (Å²) in [6.45, 7) is -1.22. The van der Waals surface area contributed by atoms with Crippen LogP contribution in [0, 0.1) is 5.92 Å². The Morgan fingerprint density at radius 2 is 1.74 bits per heavy atom. The van der Waals surface area contributed by atoms with E-state index >= 15 is 0 Å². The number of phenolic OH excluding ortho intramolecular Hbond substituents is 1. The second kappa shape index (κ2) is 9.60. The van der Waals surface area contributed by atoms with Gasteiger partial charge in [-0.3, -0.25) is 0 Å². The molecule has 12 nitrogen and oxygen atoms in total. The van der Waals surface area contributed by atoms with Crippen molar-refractivity contribution in [1.82, 2.24) is 0 Å². The number of phenols is 1. The van der Waals surface area contributed by atoms with Crippen molar-refractivity contribution in [3.8, 4) is 5.75 Å². The van der Waals surface area contributed by atoms with Gasteiger partial charge in [-0.2, -0.15) is 0 Å². The molecule has 7 N–H and O–H groups in total. The predicted octanol–water partition coefficient (Wildman–Crippen LogP) is -2.12. The van der Waals surface area contributed by atoms with Crippen molar-refractivity contribution in [3.05, 3.63) is 53.8 Å². The Balaban J connectivity index is 1.54. The molecule has 1 aromatic rings. The van der Waals surface area contributed by atoms with Gasteiger partial charge in [-0.15, -0.1) is 0 Å². The first-order valence-corrected chi connectivity index (χ1v) is 10.5. The van der Waals surface area contributed by atoms with E-state index in [9.17, 15) is 40.5 Å². The third-order valence-corrected chi connectivity index (χ3v) is 6.18. The maximum Gasteiger partial charge on any atom is 0.338 e. The fourth-order valence-electron chi connectivity index (χ4n) is 4.28. The summed E-state index contributed by atoms with van der Waals surface area (Å²) in [5, 5.41) is 70.3. The number of rotatable bonds is 6. The number of hydrogen-bond acceptors (Lipinski definition) is 12. The molecule has 0 amide bonds. The van der Waals surface area contributed by atoms with Crippen LogP contribution >= 0.6 is 0 Å². The van der Waals surface area contributed by atoms with Crippen LogP contribution in [0.25, 0.3) is 0 Å². The van der Waals surface area contributed by atoms with Gasteiger partial charge < -0.3 is 54.7 Å². The largest absolute Gasteiger partial charge is 0.508 e. The van der Waals surface area contributed by atoms with Gasteiger partial charge in [0.1, 0.15) is 35.8 Å². The molecule has 0 unspecified atom stereocenters. The normalized spacial score (nSPS) is 39.2. The molecule has 3 aliphatic rings. The van der Waals surface area contributed by atoms with Gasteiger partial charge in [-0.1, -0.05) is 0 Å². The zero-order valence-corrected chi connectivity index (χ0v) is 17.7. The molecule has 0 aromatic heterocycles. The topological polar surface area (TPSA) is 196 Å². The summed E-state index contributed by atoms with van der Waals surface area (Å²) in [5.74, 6) is -1.94. The van der Waals surface area contributed by atoms with Gasteiger partial charge in [0, 0.05) is 0 Å². The summed E-state index contributed by atoms with van der Waals surface area (Å²) in [4.78, 5) is 12.6. The van der Waals surface area contributed by atoms with Crippen molar-refractivity contribution in [3.63, 3.8) is 0 Å². The Morgan fingerprint density at radius 3 is 2.38 bits per heavy atom. The molecule has 0 saturated carbocycles. The van der Waals surface area contributed by atoms with E-state index in [0.717, 1.165) is 6.26 Å². The Hall–Kier alpha value is -2.55. The highest BCUT2D eigenvalue weighted by atomic mass is 16.8. The highest BCUT2D eigenvalue weighted by molar-refractivity contribution is 5.89. The van der Waals surface area contributed by atoms with Crippen LogP contribution in [0.4, 0.5) is 0 Å². The number of ether oxygens (including phenoxy) is 4. The van der Waals surface area contributed by atoms with Crippen LogP contribution in [0.1, 0.15) is 10.4 Å². The molecule has 1 aliphatic carbocycles. The number of hydrogen-bond donors (Lipinski definition) is 7. The summed E-state index contributed by atoms with van der Waals surface area (Å²) in [7, 11) is 0. The lowest BCUT2D eigenvalue weighted by Crippen LogP contribution is -2.61. The molecule has 2 heterocycles. The number of fused-ring (bicyclic) bond motifs is 1. The van der Waals surface area contributed by atoms with Crippen LogP contribution in [0.3, 0.4) is 0 Å². The molecular weight excluding hydrogens is 456 g/mol. The molecule has 34 heavy (non-hydrogen) atoms. The third kappa shape index (κ3) is 4.30. The molecule has 2 aliphatic heterocycles. The maximum absolute atomic E-state index is 12.6. The number of aliphatic hydroxyl groups is 6. The van der Waals surface area contributed by atoms with Crippen LogP contribution in [-0.4, -0.2) is 104 Å². The average molecular weight is 482 g/mol. The smallest absolute Gasteiger partial charge is 0.338 e. The lowest BCUT2D eigenvalue weighted by molar-refractivity contribution is -0.344. The first-order valence-electron chi connectivity index (χ1n) is 10.5. The van der Waals surface area contributed by atoms with Crippen molar-refractivity contribution in [2.24, 2.45) is 5.92 Å². The highest BCUT2D eigenvalue weighted by Crippen LogP contribution is 2.45. The van der Waals surface area contributed by atoms with Crippen LogP contribution in [0.2, 0.25) is 0 Å². The minimum atomic E-state index is -1.90. The first kappa shape index (κ1) is 24.6. The molecule has 1 fully saturated rings. The average Bonchev–Trinajstić information content (AvgIpc) is 3.11. The van der Waals surface area contributed by atoms with Crippen LogP contribution in [0.5, 0.6) is 5.75 Å². The van der Waals surface area contributed by atoms with Crippen molar-refractivity contribution in [2.75, 3.05) is 13.2 Å². The zero-order chi connectivity index (χ0) is 24.6. The van der Waals surface area contributed by atoms with E-state index in [1.807, 2.05) is 0 Å². The van der Waals surface area contributed by atoms with E-state index in [1.54, 1.807) is 0 Å². The summed E-state index contributed by atoms with van der Waals surface area (Å²) < 4.78 is 21.9. The summed E-state index contributed by atoms with van der Waals surface area (Å²) in [6.07, 6.45) is -6.71. The van der Waals surface area contributed by atoms with E-state index < -0.39 is 73.8 Å². The molecule has 186 valence electrons. The quantitative estimate of drug-likeness (QED) is 0.172. The van der Waals surface area contributed by atoms with Gasteiger partial charge in [0.05, 0.1) is 31.0 Å². The van der Waals surface area contributed by atoms with Gasteiger partial charge >= 0.3 is 5.97 Å². The molecule has 4 rings (SSSR count). The highest BCUT2D eigenvalue weighted by Gasteiger charge is 2.57. The Labute approximate surface area is 193 Å². The van der Waals surface area contributed by atoms with Gasteiger partial charge in [0.15, 0.2) is 12.4 Å². The fraction of sp³-hybridized carbons (Fsp3) is 0.500. The lowest BCUT2D eigenvalue weighted by Gasteiger charge is -2.44. The van der Waals surface area contributed by atoms with Crippen molar-refractivity contribution in [2.45, 2.75) is 48.7 Å². The number of esters is 1. The number of aromatic hydroxyl groups is 1. The van der Waals surface area contributed by atoms with Gasteiger partial charge in [0.25, 0.3) is 0 Å². The molecule has 0 spiro atoms. The SMILES string of the molecule is O=C(O[C@H]1C=C(CO)[C@H]2[C@@H](O[C@@H]3O[C@@H](CO)[C@@H](O)[C@@H](O)[C@H]3O)OC=C[C@]12O)c1ccc(O)cc1. The summed E-state index contributed by atoms with van der Waals surface area (Å²) in [6, 6.07) is 5.29. The fourth-order valence-corrected chi connectivity index (χ4v) is 4.28. The van der Waals surface area contributed by atoms with Gasteiger partial charge in [0.2, 0.25) is 6.29 Å². The van der Waals surface area contributed by atoms with Crippen molar-refractivity contribution >= 4 is 5.97 Å². The summed E-state index contributed by atoms with van der Waals surface area (Å²) in [5.41, 5.74) is -1.57. The van der Waals surface area contributed by atoms with Crippen molar-refractivity contribution < 1.29 is 59.5 Å². The van der Waals surface area contributed by atoms with Crippen LogP contribution in [0.15, 0.2) is 48.3 Å². The van der Waals surface area contributed by atoms with E-state index in [-0.39, 0.29) is 16.9 Å². The first-order chi connectivity index (χ1) is 16.2. The summed E-state index contributed by atoms with van der Waals surface area (Å²) >= 11 is 0. The van der Waals surface area contributed by atoms with E-state index in [2.05, 4.69) is 0 Å². The maximum atomic E-state index is 12.6. The molecule has 12 heteroatoms. The molecular formula is C22H26O12. The van der Waals surface area contributed by atoms with E-state index in [0.29, 0.717) is 0 Å². The standard InChI is InChI=1S/C22H26O12/c23-8-11-7-14(33-19(29)10-1-3-12(25)4-2-10)22(30)5-6-31-20(15(11)22)34-21-18(28)17(27)16(26)13(9-24)32-21/h1-7,13-18,20-21,23-28,30H,8-9H2/t13-,14-,15-,16+,17+,18+,20+,21-,22-/m0/s1. The van der Waals surface area contributed by atoms with E-state index in [4.69, 9.17) is 18.9 Å². The molecule has 1 aromatic carbocycles. The second-order valence-electron chi connectivity index (χ2n) is 8.28. The van der Waals surface area contributed by atoms with Crippen molar-refractivity contribution in [1.29, 1.82) is 0 Å². The monoisotopic (exact) mass is 482 g/mol. The Bertz CT molecular complexity index is 944. The molecule has 1 saturated heterocycles. The Kier molecular flexibility index (Phi) is 6.94. The number of aliphatic hydroxyl groups excluding tert-OH is 5. The molecule has 9 atom stereocenters. The molecule has 0 radical (unpaired) electrons. The number of carbonyl (C=O) groups is 1. The predicted molar refractivity (Wildman–Crippen MR) is 110 cm³/mol. The number of carbonyl (C=O) groups excluding carboxylic acids is 1. The van der Waals surface area contributed by atoms with Crippen LogP contribution in [-0.2, 0) is 18.9 Å². The van der Waals surface area contributed by atoms with Gasteiger partial charge in [-0.05, 0) is 42.0 Å². The lowest BCUT2D eigenvalue weighted by atomic mass is 9.83. The number of benzene rings is 1. The van der Waals surface area contributed by atoms with Crippen LogP contribution < -0.4 is 0 Å². The second-order valence-corrected chi connectivity index (χ2v) is 8.28. The molecule has 0 bridgehead atoms. The minimum absolute atomic E-state index is 0.0425. The zero-order valence-electron chi connectivity index (χ0n) is 17.7. The minimum Gasteiger partial charge on any atom is -0.508 e. The Morgan fingerprint density at radius 1 is 1.03 bits per heavy atom.